The molecular formula is C20H17BClNO3. The maximum atomic E-state index is 12.7. The van der Waals surface area contributed by atoms with Crippen molar-refractivity contribution < 1.29 is 14.8 Å². The van der Waals surface area contributed by atoms with Gasteiger partial charge in [0.2, 0.25) is 0 Å². The fraction of sp³-hybridized carbons (Fsp3) is 0.0500. The van der Waals surface area contributed by atoms with Crippen LogP contribution < -0.4 is 10.8 Å². The van der Waals surface area contributed by atoms with Gasteiger partial charge < -0.3 is 15.4 Å². The Labute approximate surface area is 157 Å². The molecule has 3 aromatic rings. The van der Waals surface area contributed by atoms with Crippen LogP contribution in [0.4, 0.5) is 5.69 Å². The summed E-state index contributed by atoms with van der Waals surface area (Å²) < 4.78 is 0. The molecule has 0 radical (unpaired) electrons. The maximum absolute atomic E-state index is 12.7. The first kappa shape index (κ1) is 18.2. The molecule has 0 atom stereocenters. The fourth-order valence-corrected chi connectivity index (χ4v) is 3.01. The van der Waals surface area contributed by atoms with E-state index >= 15 is 0 Å². The lowest BCUT2D eigenvalue weighted by Gasteiger charge is -2.13. The smallest absolute Gasteiger partial charge is 0.423 e. The Kier molecular flexibility index (Phi) is 5.73. The number of hydrogen-bond acceptors (Lipinski definition) is 3. The maximum Gasteiger partial charge on any atom is 0.489 e. The molecule has 0 spiro atoms. The summed E-state index contributed by atoms with van der Waals surface area (Å²) in [5.74, 6) is -0.405. The zero-order valence-corrected chi connectivity index (χ0v) is 14.6. The molecule has 0 fully saturated rings. The molecule has 0 saturated carbocycles. The third-order valence-corrected chi connectivity index (χ3v) is 4.39. The van der Waals surface area contributed by atoms with E-state index in [1.165, 1.54) is 0 Å². The van der Waals surface area contributed by atoms with Crippen LogP contribution in [0.5, 0.6) is 0 Å². The van der Waals surface area contributed by atoms with E-state index in [2.05, 4.69) is 5.32 Å². The van der Waals surface area contributed by atoms with Gasteiger partial charge in [0.1, 0.15) is 0 Å². The van der Waals surface area contributed by atoms with E-state index in [9.17, 15) is 14.8 Å². The topological polar surface area (TPSA) is 69.6 Å². The zero-order chi connectivity index (χ0) is 18.5. The lowest BCUT2D eigenvalue weighted by atomic mass is 9.78. The van der Waals surface area contributed by atoms with Crippen molar-refractivity contribution in [1.82, 2.24) is 0 Å². The van der Waals surface area contributed by atoms with Crippen molar-refractivity contribution in [2.75, 3.05) is 5.32 Å². The van der Waals surface area contributed by atoms with E-state index in [4.69, 9.17) is 11.6 Å². The average molecular weight is 366 g/mol. The fourth-order valence-electron chi connectivity index (χ4n) is 2.72. The van der Waals surface area contributed by atoms with E-state index in [1.54, 1.807) is 24.3 Å². The highest BCUT2D eigenvalue weighted by atomic mass is 35.5. The minimum absolute atomic E-state index is 0.0326. The van der Waals surface area contributed by atoms with Gasteiger partial charge >= 0.3 is 7.12 Å². The third kappa shape index (κ3) is 4.32. The number of halogens is 1. The number of amides is 1. The first-order chi connectivity index (χ1) is 12.5. The summed E-state index contributed by atoms with van der Waals surface area (Å²) in [6.07, 6.45) is 0.545. The summed E-state index contributed by atoms with van der Waals surface area (Å²) in [6, 6.07) is 22.0. The highest BCUT2D eigenvalue weighted by Crippen LogP contribution is 2.20. The largest absolute Gasteiger partial charge is 0.489 e. The summed E-state index contributed by atoms with van der Waals surface area (Å²) >= 11 is 6.26. The van der Waals surface area contributed by atoms with Gasteiger partial charge in [-0.2, -0.15) is 0 Å². The molecule has 0 aliphatic rings. The van der Waals surface area contributed by atoms with Gasteiger partial charge in [0.25, 0.3) is 5.91 Å². The van der Waals surface area contributed by atoms with Crippen LogP contribution in [0.3, 0.4) is 0 Å². The molecule has 6 heteroatoms. The second kappa shape index (κ2) is 8.19. The van der Waals surface area contributed by atoms with Gasteiger partial charge in [-0.05, 0) is 35.7 Å². The summed E-state index contributed by atoms with van der Waals surface area (Å²) in [5.41, 5.74) is 2.75. The van der Waals surface area contributed by atoms with Gasteiger partial charge in [-0.15, -0.1) is 0 Å². The molecular weight excluding hydrogens is 348 g/mol. The van der Waals surface area contributed by atoms with Crippen molar-refractivity contribution in [1.29, 1.82) is 0 Å². The molecule has 3 aromatic carbocycles. The summed E-state index contributed by atoms with van der Waals surface area (Å²) in [6.45, 7) is 0. The molecule has 1 amide bonds. The molecule has 0 heterocycles. The van der Waals surface area contributed by atoms with Gasteiger partial charge in [0.15, 0.2) is 0 Å². The van der Waals surface area contributed by atoms with Crippen molar-refractivity contribution in [2.24, 2.45) is 0 Å². The van der Waals surface area contributed by atoms with Gasteiger partial charge in [-0.25, -0.2) is 0 Å². The molecule has 4 nitrogen and oxygen atoms in total. The number of carbonyl (C=O) groups is 1. The summed E-state index contributed by atoms with van der Waals surface area (Å²) in [4.78, 5) is 12.7. The Bertz CT molecular complexity index is 902. The minimum atomic E-state index is -1.76. The van der Waals surface area contributed by atoms with Crippen LogP contribution >= 0.6 is 11.6 Å². The van der Waals surface area contributed by atoms with Crippen LogP contribution in [0, 0.1) is 0 Å². The molecule has 26 heavy (non-hydrogen) atoms. The molecule has 0 aromatic heterocycles. The average Bonchev–Trinajstić information content (AvgIpc) is 2.64. The summed E-state index contributed by atoms with van der Waals surface area (Å²) in [5, 5.41) is 22.1. The number of benzene rings is 3. The summed E-state index contributed by atoms with van der Waals surface area (Å²) in [7, 11) is -1.76. The number of rotatable bonds is 5. The monoisotopic (exact) mass is 365 g/mol. The number of anilines is 1. The van der Waals surface area contributed by atoms with Crippen molar-refractivity contribution in [3.63, 3.8) is 0 Å². The van der Waals surface area contributed by atoms with Crippen LogP contribution in [0.2, 0.25) is 5.02 Å². The first-order valence-electron chi connectivity index (χ1n) is 8.13. The highest BCUT2D eigenvalue weighted by Gasteiger charge is 2.22. The highest BCUT2D eigenvalue weighted by molar-refractivity contribution is 6.63. The van der Waals surface area contributed by atoms with Crippen molar-refractivity contribution in [3.8, 4) is 0 Å². The van der Waals surface area contributed by atoms with Crippen LogP contribution in [-0.4, -0.2) is 23.1 Å². The normalized spacial score (nSPS) is 10.4. The van der Waals surface area contributed by atoms with E-state index in [-0.39, 0.29) is 16.0 Å². The van der Waals surface area contributed by atoms with Gasteiger partial charge in [-0.1, -0.05) is 66.2 Å². The Morgan fingerprint density at radius 3 is 2.15 bits per heavy atom. The molecule has 0 aliphatic carbocycles. The van der Waals surface area contributed by atoms with Gasteiger partial charge in [-0.3, -0.25) is 4.79 Å². The van der Waals surface area contributed by atoms with Gasteiger partial charge in [0, 0.05) is 11.2 Å². The zero-order valence-electron chi connectivity index (χ0n) is 13.9. The first-order valence-corrected chi connectivity index (χ1v) is 8.51. The molecule has 0 saturated heterocycles. The van der Waals surface area contributed by atoms with Crippen molar-refractivity contribution in [3.05, 3.63) is 94.5 Å². The number of carbonyl (C=O) groups excluding carboxylic acids is 1. The Morgan fingerprint density at radius 2 is 1.54 bits per heavy atom. The lowest BCUT2D eigenvalue weighted by Crippen LogP contribution is -2.33. The molecule has 3 rings (SSSR count). The van der Waals surface area contributed by atoms with E-state index < -0.39 is 13.0 Å². The lowest BCUT2D eigenvalue weighted by molar-refractivity contribution is 0.102. The predicted octanol–water partition coefficient (Wildman–Crippen LogP) is 2.86. The Morgan fingerprint density at radius 1 is 0.923 bits per heavy atom. The Balaban J connectivity index is 1.96. The second-order valence-electron chi connectivity index (χ2n) is 5.90. The number of hydrogen-bond donors (Lipinski definition) is 3. The Hall–Kier alpha value is -2.60. The number of para-hydroxylation sites is 1. The van der Waals surface area contributed by atoms with E-state index in [1.807, 2.05) is 48.5 Å². The minimum Gasteiger partial charge on any atom is -0.423 e. The van der Waals surface area contributed by atoms with Gasteiger partial charge in [0.05, 0.1) is 10.6 Å². The third-order valence-electron chi connectivity index (χ3n) is 3.97. The quantitative estimate of drug-likeness (QED) is 0.609. The molecule has 130 valence electrons. The predicted molar refractivity (Wildman–Crippen MR) is 105 cm³/mol. The molecule has 0 aliphatic heterocycles. The van der Waals surface area contributed by atoms with Crippen LogP contribution in [-0.2, 0) is 6.42 Å². The number of nitrogens with one attached hydrogen (secondary N) is 1. The van der Waals surface area contributed by atoms with Crippen LogP contribution in [0.1, 0.15) is 21.5 Å². The molecule has 3 N–H and O–H groups in total. The van der Waals surface area contributed by atoms with E-state index in [0.29, 0.717) is 12.1 Å². The standard InChI is InChI=1S/C20H17BClNO3/c22-19-17(20(24)23-16-9-5-2-6-10-16)12-15(13-18(19)21(25)26)11-14-7-3-1-4-8-14/h1-10,12-13,25-26H,11H2,(H,23,24). The molecule has 0 bridgehead atoms. The van der Waals surface area contributed by atoms with Crippen molar-refractivity contribution >= 4 is 35.8 Å². The van der Waals surface area contributed by atoms with Crippen LogP contribution in [0.25, 0.3) is 0 Å². The second-order valence-corrected chi connectivity index (χ2v) is 6.28. The van der Waals surface area contributed by atoms with Crippen LogP contribution in [0.15, 0.2) is 72.8 Å². The SMILES string of the molecule is O=C(Nc1ccccc1)c1cc(Cc2ccccc2)cc(B(O)O)c1Cl. The molecule has 0 unspecified atom stereocenters. The van der Waals surface area contributed by atoms with Crippen molar-refractivity contribution in [2.45, 2.75) is 6.42 Å². The van der Waals surface area contributed by atoms with E-state index in [0.717, 1.165) is 11.1 Å².